The zero-order chi connectivity index (χ0) is 18.0. The number of carbonyl (C=O) groups is 1. The Morgan fingerprint density at radius 3 is 2.40 bits per heavy atom. The molecular formula is C21H32N2O2. The van der Waals surface area contributed by atoms with Crippen molar-refractivity contribution < 1.29 is 9.53 Å². The van der Waals surface area contributed by atoms with Gasteiger partial charge in [-0.05, 0) is 58.2 Å². The fourth-order valence-electron chi connectivity index (χ4n) is 4.50. The van der Waals surface area contributed by atoms with Gasteiger partial charge in [0.15, 0.2) is 0 Å². The highest BCUT2D eigenvalue weighted by Crippen LogP contribution is 2.32. The molecule has 2 heterocycles. The summed E-state index contributed by atoms with van der Waals surface area (Å²) >= 11 is 0. The number of aromatic nitrogens is 1. The van der Waals surface area contributed by atoms with Crippen LogP contribution in [0.2, 0.25) is 0 Å². The van der Waals surface area contributed by atoms with Crippen molar-refractivity contribution in [2.24, 2.45) is 0 Å². The van der Waals surface area contributed by atoms with E-state index in [9.17, 15) is 4.79 Å². The first-order valence-corrected chi connectivity index (χ1v) is 9.76. The first-order valence-electron chi connectivity index (χ1n) is 9.76. The molecule has 0 aromatic carbocycles. The van der Waals surface area contributed by atoms with Gasteiger partial charge in [0.25, 0.3) is 0 Å². The van der Waals surface area contributed by atoms with Gasteiger partial charge in [0.2, 0.25) is 5.91 Å². The van der Waals surface area contributed by atoms with E-state index in [1.165, 1.54) is 49.1 Å². The first kappa shape index (κ1) is 18.2. The Bertz CT molecular complexity index is 631. The third-order valence-electron chi connectivity index (χ3n) is 5.60. The third-order valence-corrected chi connectivity index (χ3v) is 5.60. The Morgan fingerprint density at radius 2 is 1.76 bits per heavy atom. The molecule has 4 nitrogen and oxygen atoms in total. The van der Waals surface area contributed by atoms with Gasteiger partial charge in [-0.2, -0.15) is 0 Å². The molecule has 4 heteroatoms. The van der Waals surface area contributed by atoms with Crippen LogP contribution in [0.3, 0.4) is 0 Å². The molecule has 0 radical (unpaired) electrons. The highest BCUT2D eigenvalue weighted by Gasteiger charge is 2.25. The molecule has 2 atom stereocenters. The second-order valence-electron chi connectivity index (χ2n) is 7.82. The number of hydrogen-bond donors (Lipinski definition) is 0. The van der Waals surface area contributed by atoms with Gasteiger partial charge < -0.3 is 14.2 Å². The minimum Gasteiger partial charge on any atom is -0.372 e. The molecule has 138 valence electrons. The predicted molar refractivity (Wildman–Crippen MR) is 102 cm³/mol. The molecule has 1 aliphatic carbocycles. The van der Waals surface area contributed by atoms with Crippen molar-refractivity contribution in [3.63, 3.8) is 0 Å². The summed E-state index contributed by atoms with van der Waals surface area (Å²) < 4.78 is 8.20. The van der Waals surface area contributed by atoms with Gasteiger partial charge in [-0.3, -0.25) is 4.79 Å². The lowest BCUT2D eigenvalue weighted by Crippen LogP contribution is -2.47. The van der Waals surface area contributed by atoms with E-state index in [0.717, 1.165) is 0 Å². The van der Waals surface area contributed by atoms with E-state index >= 15 is 0 Å². The minimum atomic E-state index is 0.0875. The average molecular weight is 344 g/mol. The molecule has 0 bridgehead atoms. The Morgan fingerprint density at radius 1 is 1.12 bits per heavy atom. The number of carbonyl (C=O) groups excluding carboxylic acids is 1. The molecule has 1 aliphatic heterocycles. The largest absolute Gasteiger partial charge is 0.372 e. The van der Waals surface area contributed by atoms with Crippen molar-refractivity contribution in [2.45, 2.75) is 78.0 Å². The summed E-state index contributed by atoms with van der Waals surface area (Å²) in [6.07, 6.45) is 10.5. The molecule has 2 aliphatic rings. The fourth-order valence-corrected chi connectivity index (χ4v) is 4.50. The molecule has 1 saturated heterocycles. The summed E-state index contributed by atoms with van der Waals surface area (Å²) in [6.45, 7) is 9.77. The number of amides is 1. The molecule has 2 fully saturated rings. The average Bonchev–Trinajstić information content (AvgIpc) is 2.86. The Balaban J connectivity index is 1.72. The lowest BCUT2D eigenvalue weighted by Gasteiger charge is -2.34. The van der Waals surface area contributed by atoms with Crippen LogP contribution in [0.25, 0.3) is 6.08 Å². The smallest absolute Gasteiger partial charge is 0.246 e. The van der Waals surface area contributed by atoms with E-state index < -0.39 is 0 Å². The summed E-state index contributed by atoms with van der Waals surface area (Å²) in [5, 5.41) is 0. The van der Waals surface area contributed by atoms with E-state index in [-0.39, 0.29) is 18.1 Å². The topological polar surface area (TPSA) is 34.5 Å². The van der Waals surface area contributed by atoms with Crippen molar-refractivity contribution in [1.82, 2.24) is 9.47 Å². The summed E-state index contributed by atoms with van der Waals surface area (Å²) in [4.78, 5) is 14.4. The van der Waals surface area contributed by atoms with E-state index in [1.54, 1.807) is 6.08 Å². The molecule has 3 rings (SSSR count). The van der Waals surface area contributed by atoms with Gasteiger partial charge in [0, 0.05) is 36.6 Å². The maximum Gasteiger partial charge on any atom is 0.246 e. The minimum absolute atomic E-state index is 0.0875. The van der Waals surface area contributed by atoms with Gasteiger partial charge >= 0.3 is 0 Å². The fraction of sp³-hybridized carbons (Fsp3) is 0.667. The maximum atomic E-state index is 12.5. The maximum absolute atomic E-state index is 12.5. The molecule has 0 spiro atoms. The number of aryl methyl sites for hydroxylation is 1. The molecule has 1 amide bonds. The molecule has 2 unspecified atom stereocenters. The first-order chi connectivity index (χ1) is 12.0. The second-order valence-corrected chi connectivity index (χ2v) is 7.82. The standard InChI is InChI=1S/C21H32N2O2/c1-15-12-19(18(4)23(15)20-8-6-5-7-9-20)10-11-21(24)22-13-16(2)25-17(3)14-22/h10-12,16-17,20H,5-9,13-14H2,1-4H3/b11-10+. The zero-order valence-electron chi connectivity index (χ0n) is 16.1. The normalized spacial score (nSPS) is 25.7. The van der Waals surface area contributed by atoms with E-state index in [0.29, 0.717) is 19.1 Å². The highest BCUT2D eigenvalue weighted by atomic mass is 16.5. The van der Waals surface area contributed by atoms with Gasteiger partial charge in [-0.15, -0.1) is 0 Å². The van der Waals surface area contributed by atoms with Crippen molar-refractivity contribution in [3.8, 4) is 0 Å². The zero-order valence-corrected chi connectivity index (χ0v) is 16.1. The molecule has 1 saturated carbocycles. The van der Waals surface area contributed by atoms with Gasteiger partial charge in [-0.1, -0.05) is 19.3 Å². The third kappa shape index (κ3) is 4.17. The summed E-state index contributed by atoms with van der Waals surface area (Å²) in [7, 11) is 0. The van der Waals surface area contributed by atoms with E-state index in [1.807, 2.05) is 24.8 Å². The summed E-state index contributed by atoms with van der Waals surface area (Å²) in [6, 6.07) is 2.85. The number of hydrogen-bond acceptors (Lipinski definition) is 2. The molecule has 1 aromatic heterocycles. The van der Waals surface area contributed by atoms with Crippen LogP contribution in [0.15, 0.2) is 12.1 Å². The quantitative estimate of drug-likeness (QED) is 0.768. The molecule has 25 heavy (non-hydrogen) atoms. The van der Waals surface area contributed by atoms with Crippen LogP contribution in [0.1, 0.15) is 68.9 Å². The van der Waals surface area contributed by atoms with Gasteiger partial charge in [0.1, 0.15) is 0 Å². The Hall–Kier alpha value is -1.55. The van der Waals surface area contributed by atoms with Crippen molar-refractivity contribution in [1.29, 1.82) is 0 Å². The second kappa shape index (κ2) is 7.77. The van der Waals surface area contributed by atoms with Crippen LogP contribution in [-0.2, 0) is 9.53 Å². The van der Waals surface area contributed by atoms with Crippen LogP contribution in [0, 0.1) is 13.8 Å². The van der Waals surface area contributed by atoms with Crippen molar-refractivity contribution in [2.75, 3.05) is 13.1 Å². The predicted octanol–water partition coefficient (Wildman–Crippen LogP) is 4.26. The Kier molecular flexibility index (Phi) is 5.67. The van der Waals surface area contributed by atoms with E-state index in [2.05, 4.69) is 24.5 Å². The van der Waals surface area contributed by atoms with E-state index in [4.69, 9.17) is 4.74 Å². The van der Waals surface area contributed by atoms with Gasteiger partial charge in [0.05, 0.1) is 12.2 Å². The highest BCUT2D eigenvalue weighted by molar-refractivity contribution is 5.92. The number of ether oxygens (including phenoxy) is 1. The molecule has 1 aromatic rings. The van der Waals surface area contributed by atoms with Crippen LogP contribution in [0.4, 0.5) is 0 Å². The number of nitrogens with zero attached hydrogens (tertiary/aromatic N) is 2. The Labute approximate surface area is 151 Å². The summed E-state index contributed by atoms with van der Waals surface area (Å²) in [5.74, 6) is 0.0875. The van der Waals surface area contributed by atoms with Crippen LogP contribution in [0.5, 0.6) is 0 Å². The number of rotatable bonds is 3. The van der Waals surface area contributed by atoms with Crippen LogP contribution >= 0.6 is 0 Å². The SMILES string of the molecule is Cc1cc(/C=C/C(=O)N2CC(C)OC(C)C2)c(C)n1C1CCCCC1. The van der Waals surface area contributed by atoms with Crippen molar-refractivity contribution >= 4 is 12.0 Å². The monoisotopic (exact) mass is 344 g/mol. The lowest BCUT2D eigenvalue weighted by atomic mass is 9.95. The number of morpholine rings is 1. The molecule has 0 N–H and O–H groups in total. The molecular weight excluding hydrogens is 312 g/mol. The lowest BCUT2D eigenvalue weighted by molar-refractivity contribution is -0.137. The van der Waals surface area contributed by atoms with Crippen LogP contribution < -0.4 is 0 Å². The van der Waals surface area contributed by atoms with Crippen molar-refractivity contribution in [3.05, 3.63) is 29.1 Å². The van der Waals surface area contributed by atoms with Gasteiger partial charge in [-0.25, -0.2) is 0 Å². The summed E-state index contributed by atoms with van der Waals surface area (Å²) in [5.41, 5.74) is 3.77. The van der Waals surface area contributed by atoms with Crippen LogP contribution in [-0.4, -0.2) is 40.7 Å².